The fourth-order valence-electron chi connectivity index (χ4n) is 3.92. The molecule has 3 aromatic rings. The molecule has 0 bridgehead atoms. The fourth-order valence-corrected chi connectivity index (χ4v) is 4.65. The molecule has 1 aliphatic heterocycles. The van der Waals surface area contributed by atoms with Crippen LogP contribution in [0.5, 0.6) is 5.88 Å². The quantitative estimate of drug-likeness (QED) is 0.411. The SMILES string of the molecule is CCCC(=O)N1c2ccccc2-c2nnc(SCC(C)C)nc2O[C@H]1c1ccc(C)cc1C. The molecule has 0 unspecified atom stereocenters. The predicted molar refractivity (Wildman–Crippen MR) is 133 cm³/mol. The molecule has 0 saturated heterocycles. The summed E-state index contributed by atoms with van der Waals surface area (Å²) in [5.41, 5.74) is 5.27. The van der Waals surface area contributed by atoms with E-state index in [0.717, 1.165) is 40.1 Å². The van der Waals surface area contributed by atoms with Gasteiger partial charge in [-0.15, -0.1) is 10.2 Å². The summed E-state index contributed by atoms with van der Waals surface area (Å²) in [5.74, 6) is 1.80. The van der Waals surface area contributed by atoms with E-state index in [4.69, 9.17) is 9.72 Å². The van der Waals surface area contributed by atoms with Gasteiger partial charge in [-0.25, -0.2) is 0 Å². The molecule has 172 valence electrons. The van der Waals surface area contributed by atoms with Crippen LogP contribution in [0.2, 0.25) is 0 Å². The minimum absolute atomic E-state index is 0.00472. The summed E-state index contributed by atoms with van der Waals surface area (Å²) in [7, 11) is 0. The van der Waals surface area contributed by atoms with Crippen molar-refractivity contribution in [2.75, 3.05) is 10.7 Å². The number of fused-ring (bicyclic) bond motifs is 3. The number of ether oxygens (including phenoxy) is 1. The lowest BCUT2D eigenvalue weighted by molar-refractivity contribution is -0.120. The van der Waals surface area contributed by atoms with Crippen LogP contribution in [0.3, 0.4) is 0 Å². The van der Waals surface area contributed by atoms with Crippen molar-refractivity contribution in [1.29, 1.82) is 0 Å². The van der Waals surface area contributed by atoms with Crippen LogP contribution < -0.4 is 9.64 Å². The first-order valence-electron chi connectivity index (χ1n) is 11.4. The summed E-state index contributed by atoms with van der Waals surface area (Å²) in [5, 5.41) is 9.44. The van der Waals surface area contributed by atoms with Gasteiger partial charge in [-0.2, -0.15) is 4.98 Å². The Morgan fingerprint density at radius 3 is 2.67 bits per heavy atom. The van der Waals surface area contributed by atoms with Crippen molar-refractivity contribution >= 4 is 23.4 Å². The summed E-state index contributed by atoms with van der Waals surface area (Å²) in [6, 6.07) is 14.0. The molecule has 0 N–H and O–H groups in total. The Morgan fingerprint density at radius 2 is 1.94 bits per heavy atom. The molecule has 1 aromatic heterocycles. The van der Waals surface area contributed by atoms with Crippen LogP contribution in [0, 0.1) is 19.8 Å². The van der Waals surface area contributed by atoms with Crippen molar-refractivity contribution in [2.24, 2.45) is 5.92 Å². The second-order valence-electron chi connectivity index (χ2n) is 8.81. The van der Waals surface area contributed by atoms with Crippen LogP contribution in [-0.2, 0) is 4.79 Å². The number of carbonyl (C=O) groups is 1. The normalized spacial score (nSPS) is 15.0. The zero-order chi connectivity index (χ0) is 23.5. The fraction of sp³-hybridized carbons (Fsp3) is 0.385. The Hall–Kier alpha value is -2.93. The Balaban J connectivity index is 1.90. The lowest BCUT2D eigenvalue weighted by Gasteiger charge is -2.31. The maximum atomic E-state index is 13.5. The van der Waals surface area contributed by atoms with E-state index < -0.39 is 6.23 Å². The van der Waals surface area contributed by atoms with Gasteiger partial charge in [0.15, 0.2) is 5.69 Å². The maximum Gasteiger partial charge on any atom is 0.247 e. The van der Waals surface area contributed by atoms with Gasteiger partial charge < -0.3 is 4.74 Å². The summed E-state index contributed by atoms with van der Waals surface area (Å²) in [6.07, 6.45) is 0.522. The highest BCUT2D eigenvalue weighted by molar-refractivity contribution is 7.99. The Bertz CT molecular complexity index is 1160. The zero-order valence-electron chi connectivity index (χ0n) is 19.8. The molecule has 1 atom stereocenters. The van der Waals surface area contributed by atoms with Crippen molar-refractivity contribution in [1.82, 2.24) is 15.2 Å². The van der Waals surface area contributed by atoms with E-state index >= 15 is 0 Å². The molecular formula is C26H30N4O2S. The lowest BCUT2D eigenvalue weighted by Crippen LogP contribution is -2.38. The van der Waals surface area contributed by atoms with Gasteiger partial charge in [-0.05, 0) is 37.8 Å². The van der Waals surface area contributed by atoms with Crippen molar-refractivity contribution in [3.8, 4) is 17.1 Å². The van der Waals surface area contributed by atoms with Gasteiger partial charge in [0.05, 0.1) is 5.69 Å². The van der Waals surface area contributed by atoms with Crippen LogP contribution in [0.15, 0.2) is 47.6 Å². The number of hydrogen-bond acceptors (Lipinski definition) is 6. The largest absolute Gasteiger partial charge is 0.447 e. The van der Waals surface area contributed by atoms with E-state index in [1.807, 2.05) is 50.2 Å². The Labute approximate surface area is 199 Å². The highest BCUT2D eigenvalue weighted by Gasteiger charge is 2.36. The van der Waals surface area contributed by atoms with E-state index in [2.05, 4.69) is 37.0 Å². The third-order valence-electron chi connectivity index (χ3n) is 5.48. The molecule has 1 aliphatic rings. The molecule has 0 radical (unpaired) electrons. The first kappa shape index (κ1) is 23.2. The number of anilines is 1. The average molecular weight is 463 g/mol. The number of nitrogens with zero attached hydrogens (tertiary/aromatic N) is 4. The van der Waals surface area contributed by atoms with E-state index in [0.29, 0.717) is 29.1 Å². The highest BCUT2D eigenvalue weighted by atomic mass is 32.2. The molecule has 2 aromatic carbocycles. The molecule has 0 saturated carbocycles. The molecule has 7 heteroatoms. The van der Waals surface area contributed by atoms with Crippen molar-refractivity contribution in [3.05, 3.63) is 59.2 Å². The first-order valence-corrected chi connectivity index (χ1v) is 12.4. The molecule has 0 aliphatic carbocycles. The van der Waals surface area contributed by atoms with Gasteiger partial charge in [0, 0.05) is 23.3 Å². The van der Waals surface area contributed by atoms with Gasteiger partial charge in [0.25, 0.3) is 0 Å². The Morgan fingerprint density at radius 1 is 1.15 bits per heavy atom. The minimum atomic E-state index is -0.647. The number of para-hydroxylation sites is 1. The molecule has 6 nitrogen and oxygen atoms in total. The van der Waals surface area contributed by atoms with Gasteiger partial charge in [0.1, 0.15) is 0 Å². The van der Waals surface area contributed by atoms with Gasteiger partial charge in [0.2, 0.25) is 23.2 Å². The number of hydrogen-bond donors (Lipinski definition) is 0. The summed E-state index contributed by atoms with van der Waals surface area (Å²) in [4.78, 5) is 20.0. The molecule has 2 heterocycles. The number of thioether (sulfide) groups is 1. The van der Waals surface area contributed by atoms with Crippen LogP contribution in [-0.4, -0.2) is 26.8 Å². The summed E-state index contributed by atoms with van der Waals surface area (Å²) >= 11 is 1.56. The topological polar surface area (TPSA) is 68.2 Å². The third kappa shape index (κ3) is 4.88. The molecule has 1 amide bonds. The lowest BCUT2D eigenvalue weighted by atomic mass is 10.0. The number of aromatic nitrogens is 3. The maximum absolute atomic E-state index is 13.5. The van der Waals surface area contributed by atoms with Crippen LogP contribution >= 0.6 is 11.8 Å². The predicted octanol–water partition coefficient (Wildman–Crippen LogP) is 6.13. The molecule has 4 rings (SSSR count). The van der Waals surface area contributed by atoms with Gasteiger partial charge >= 0.3 is 0 Å². The second-order valence-corrected chi connectivity index (χ2v) is 9.80. The number of amides is 1. The smallest absolute Gasteiger partial charge is 0.247 e. The zero-order valence-corrected chi connectivity index (χ0v) is 20.6. The summed E-state index contributed by atoms with van der Waals surface area (Å²) < 4.78 is 6.55. The van der Waals surface area contributed by atoms with Crippen molar-refractivity contribution < 1.29 is 9.53 Å². The molecule has 33 heavy (non-hydrogen) atoms. The van der Waals surface area contributed by atoms with Gasteiger partial charge in [-0.3, -0.25) is 9.69 Å². The van der Waals surface area contributed by atoms with E-state index in [9.17, 15) is 4.79 Å². The van der Waals surface area contributed by atoms with Gasteiger partial charge in [-0.1, -0.05) is 74.5 Å². The third-order valence-corrected chi connectivity index (χ3v) is 6.75. The van der Waals surface area contributed by atoms with E-state index in [1.54, 1.807) is 16.7 Å². The van der Waals surface area contributed by atoms with Crippen LogP contribution in [0.25, 0.3) is 11.3 Å². The van der Waals surface area contributed by atoms with Crippen LogP contribution in [0.1, 0.15) is 56.5 Å². The summed E-state index contributed by atoms with van der Waals surface area (Å²) in [6.45, 7) is 10.4. The number of rotatable bonds is 6. The van der Waals surface area contributed by atoms with E-state index in [-0.39, 0.29) is 5.91 Å². The Kier molecular flexibility index (Phi) is 6.98. The van der Waals surface area contributed by atoms with E-state index in [1.165, 1.54) is 0 Å². The molecule has 0 fully saturated rings. The first-order chi connectivity index (χ1) is 15.9. The van der Waals surface area contributed by atoms with Crippen LogP contribution in [0.4, 0.5) is 5.69 Å². The second kappa shape index (κ2) is 9.91. The number of carbonyl (C=O) groups excluding carboxylic acids is 1. The van der Waals surface area contributed by atoms with Crippen molar-refractivity contribution in [2.45, 2.75) is 58.8 Å². The standard InChI is InChI=1S/C26H30N4O2S/c1-6-9-22(31)30-21-11-8-7-10-20(21)23-24(27-26(29-28-23)33-15-16(2)3)32-25(30)19-13-12-17(4)14-18(19)5/h7-8,10-14,16,25H,6,9,15H2,1-5H3/t25-/m0/s1. The number of aryl methyl sites for hydroxylation is 2. The number of benzene rings is 2. The minimum Gasteiger partial charge on any atom is -0.447 e. The molecular weight excluding hydrogens is 432 g/mol. The van der Waals surface area contributed by atoms with Crippen molar-refractivity contribution in [3.63, 3.8) is 0 Å². The highest BCUT2D eigenvalue weighted by Crippen LogP contribution is 2.44. The monoisotopic (exact) mass is 462 g/mol. The molecule has 0 spiro atoms. The average Bonchev–Trinajstić information content (AvgIpc) is 2.92.